The first-order chi connectivity index (χ1) is 11.6. The number of nitrogens with one attached hydrogen (secondary N) is 1. The largest absolute Gasteiger partial charge is 0.338 e. The molecule has 1 N–H and O–H groups in total. The molecule has 2 heterocycles. The van der Waals surface area contributed by atoms with Crippen LogP contribution in [-0.2, 0) is 11.3 Å². The Morgan fingerprint density at radius 1 is 1.12 bits per heavy atom. The Labute approximate surface area is 141 Å². The number of carbonyl (C=O) groups excluding carboxylic acids is 1. The normalized spacial score (nSPS) is 16.2. The van der Waals surface area contributed by atoms with Gasteiger partial charge in [0, 0.05) is 31.9 Å². The minimum atomic E-state index is 0.0276. The summed E-state index contributed by atoms with van der Waals surface area (Å²) >= 11 is 0. The Hall–Kier alpha value is -2.25. The second-order valence-corrected chi connectivity index (χ2v) is 6.20. The van der Waals surface area contributed by atoms with Gasteiger partial charge in [-0.3, -0.25) is 14.6 Å². The predicted octanol–water partition coefficient (Wildman–Crippen LogP) is 1.44. The Morgan fingerprint density at radius 2 is 1.79 bits per heavy atom. The van der Waals surface area contributed by atoms with Crippen molar-refractivity contribution in [2.45, 2.75) is 20.4 Å². The molecular weight excluding hydrogens is 306 g/mol. The summed E-state index contributed by atoms with van der Waals surface area (Å²) in [5.74, 6) is 1.34. The maximum atomic E-state index is 12.1. The van der Waals surface area contributed by atoms with Crippen molar-refractivity contribution in [2.24, 2.45) is 0 Å². The minimum Gasteiger partial charge on any atom is -0.338 e. The van der Waals surface area contributed by atoms with Gasteiger partial charge in [0.25, 0.3) is 0 Å². The zero-order valence-corrected chi connectivity index (χ0v) is 14.2. The third kappa shape index (κ3) is 4.62. The molecule has 2 aromatic rings. The van der Waals surface area contributed by atoms with Gasteiger partial charge >= 0.3 is 0 Å². The lowest BCUT2D eigenvalue weighted by Gasteiger charge is -2.33. The van der Waals surface area contributed by atoms with E-state index in [0.29, 0.717) is 24.8 Å². The van der Waals surface area contributed by atoms with Gasteiger partial charge < -0.3 is 9.84 Å². The third-order valence-electron chi connectivity index (χ3n) is 4.10. The Morgan fingerprint density at radius 3 is 2.42 bits per heavy atom. The number of aromatic nitrogens is 2. The van der Waals surface area contributed by atoms with Gasteiger partial charge in [-0.25, -0.2) is 0 Å². The molecule has 0 radical (unpaired) electrons. The summed E-state index contributed by atoms with van der Waals surface area (Å²) in [4.78, 5) is 20.8. The quantitative estimate of drug-likeness (QED) is 0.895. The van der Waals surface area contributed by atoms with E-state index in [1.807, 2.05) is 38.1 Å². The van der Waals surface area contributed by atoms with Crippen LogP contribution in [0.2, 0.25) is 0 Å². The zero-order chi connectivity index (χ0) is 16.9. The molecule has 1 aliphatic rings. The van der Waals surface area contributed by atoms with Crippen LogP contribution >= 0.6 is 0 Å². The number of hydrogen-bond donors (Lipinski definition) is 1. The van der Waals surface area contributed by atoms with E-state index in [2.05, 4.69) is 25.3 Å². The summed E-state index contributed by atoms with van der Waals surface area (Å²) in [6.45, 7) is 8.42. The Kier molecular flexibility index (Phi) is 5.22. The molecule has 0 unspecified atom stereocenters. The van der Waals surface area contributed by atoms with E-state index in [-0.39, 0.29) is 5.91 Å². The average Bonchev–Trinajstić information content (AvgIpc) is 2.96. The monoisotopic (exact) mass is 329 g/mol. The van der Waals surface area contributed by atoms with E-state index in [9.17, 15) is 4.79 Å². The van der Waals surface area contributed by atoms with Gasteiger partial charge in [-0.15, -0.1) is 0 Å². The first kappa shape index (κ1) is 16.6. The lowest BCUT2D eigenvalue weighted by molar-refractivity contribution is -0.117. The first-order valence-electron chi connectivity index (χ1n) is 8.19. The van der Waals surface area contributed by atoms with E-state index in [1.54, 1.807) is 0 Å². The van der Waals surface area contributed by atoms with Gasteiger partial charge in [-0.2, -0.15) is 4.98 Å². The van der Waals surface area contributed by atoms with Gasteiger partial charge in [0.2, 0.25) is 11.8 Å². The lowest BCUT2D eigenvalue weighted by atomic mass is 10.2. The van der Waals surface area contributed by atoms with Gasteiger partial charge in [0.1, 0.15) is 0 Å². The van der Waals surface area contributed by atoms with E-state index in [4.69, 9.17) is 4.52 Å². The highest BCUT2D eigenvalue weighted by molar-refractivity contribution is 5.92. The summed E-state index contributed by atoms with van der Waals surface area (Å²) in [5.41, 5.74) is 2.02. The molecular formula is C17H23N5O2. The van der Waals surface area contributed by atoms with Crippen LogP contribution in [0.1, 0.15) is 17.3 Å². The van der Waals surface area contributed by atoms with Crippen molar-refractivity contribution in [3.8, 4) is 0 Å². The van der Waals surface area contributed by atoms with Gasteiger partial charge in [0.15, 0.2) is 5.82 Å². The summed E-state index contributed by atoms with van der Waals surface area (Å²) < 4.78 is 5.15. The second-order valence-electron chi connectivity index (χ2n) is 6.20. The predicted molar refractivity (Wildman–Crippen MR) is 90.6 cm³/mol. The lowest BCUT2D eigenvalue weighted by Crippen LogP contribution is -2.48. The number of rotatable bonds is 5. The summed E-state index contributed by atoms with van der Waals surface area (Å²) in [5, 5.41) is 6.75. The highest BCUT2D eigenvalue weighted by Gasteiger charge is 2.20. The minimum absolute atomic E-state index is 0.0276. The topological polar surface area (TPSA) is 74.5 Å². The van der Waals surface area contributed by atoms with Crippen molar-refractivity contribution in [1.82, 2.24) is 19.9 Å². The van der Waals surface area contributed by atoms with Crippen molar-refractivity contribution < 1.29 is 9.32 Å². The molecule has 7 heteroatoms. The Balaban J connectivity index is 1.41. The summed E-state index contributed by atoms with van der Waals surface area (Å²) in [7, 11) is 0. The standard InChI is InChI=1S/C17H23N5O2/c1-13-3-5-15(6-4-13)19-16(23)11-21-7-9-22(10-8-21)12-17-18-14(2)20-24-17/h3-6H,7-12H2,1-2H3,(H,19,23). The van der Waals surface area contributed by atoms with Crippen LogP contribution in [0.15, 0.2) is 28.8 Å². The Bertz CT molecular complexity index is 675. The number of anilines is 1. The number of hydrogen-bond acceptors (Lipinski definition) is 6. The van der Waals surface area contributed by atoms with E-state index in [0.717, 1.165) is 31.9 Å². The number of amides is 1. The summed E-state index contributed by atoms with van der Waals surface area (Å²) in [6, 6.07) is 7.84. The third-order valence-corrected chi connectivity index (χ3v) is 4.10. The molecule has 24 heavy (non-hydrogen) atoms. The van der Waals surface area contributed by atoms with E-state index in [1.165, 1.54) is 5.56 Å². The summed E-state index contributed by atoms with van der Waals surface area (Å²) in [6.07, 6.45) is 0. The first-order valence-corrected chi connectivity index (χ1v) is 8.19. The number of aryl methyl sites for hydroxylation is 2. The van der Waals surface area contributed by atoms with Crippen molar-refractivity contribution in [1.29, 1.82) is 0 Å². The number of piperazine rings is 1. The van der Waals surface area contributed by atoms with Crippen LogP contribution < -0.4 is 5.32 Å². The van der Waals surface area contributed by atoms with Crippen LogP contribution in [0.4, 0.5) is 5.69 Å². The smallest absolute Gasteiger partial charge is 0.240 e. The van der Waals surface area contributed by atoms with E-state index < -0.39 is 0 Å². The molecule has 0 bridgehead atoms. The number of nitrogens with zero attached hydrogens (tertiary/aromatic N) is 4. The molecule has 1 fully saturated rings. The molecule has 128 valence electrons. The molecule has 1 saturated heterocycles. The van der Waals surface area contributed by atoms with Crippen LogP contribution in [0.25, 0.3) is 0 Å². The van der Waals surface area contributed by atoms with Crippen LogP contribution in [0.3, 0.4) is 0 Å². The highest BCUT2D eigenvalue weighted by atomic mass is 16.5. The maximum absolute atomic E-state index is 12.1. The molecule has 0 atom stereocenters. The van der Waals surface area contributed by atoms with Crippen molar-refractivity contribution in [3.05, 3.63) is 41.5 Å². The van der Waals surface area contributed by atoms with Gasteiger partial charge in [-0.05, 0) is 26.0 Å². The van der Waals surface area contributed by atoms with Crippen molar-refractivity contribution >= 4 is 11.6 Å². The molecule has 1 amide bonds. The fraction of sp³-hybridized carbons (Fsp3) is 0.471. The SMILES string of the molecule is Cc1ccc(NC(=O)CN2CCN(Cc3nc(C)no3)CC2)cc1. The van der Waals surface area contributed by atoms with Crippen molar-refractivity contribution in [3.63, 3.8) is 0 Å². The van der Waals surface area contributed by atoms with Gasteiger partial charge in [0.05, 0.1) is 13.1 Å². The zero-order valence-electron chi connectivity index (χ0n) is 14.2. The molecule has 1 aliphatic heterocycles. The highest BCUT2D eigenvalue weighted by Crippen LogP contribution is 2.10. The molecule has 3 rings (SSSR count). The van der Waals surface area contributed by atoms with E-state index >= 15 is 0 Å². The fourth-order valence-corrected chi connectivity index (χ4v) is 2.74. The maximum Gasteiger partial charge on any atom is 0.240 e. The molecule has 1 aromatic carbocycles. The van der Waals surface area contributed by atoms with Gasteiger partial charge in [-0.1, -0.05) is 22.9 Å². The number of benzene rings is 1. The molecule has 1 aromatic heterocycles. The van der Waals surface area contributed by atoms with Crippen molar-refractivity contribution in [2.75, 3.05) is 38.0 Å². The molecule has 0 spiro atoms. The molecule has 0 aliphatic carbocycles. The van der Waals surface area contributed by atoms with Crippen LogP contribution in [-0.4, -0.2) is 58.6 Å². The second kappa shape index (κ2) is 7.55. The molecule has 7 nitrogen and oxygen atoms in total. The average molecular weight is 329 g/mol. The van der Waals surface area contributed by atoms with Crippen LogP contribution in [0, 0.1) is 13.8 Å². The fourth-order valence-electron chi connectivity index (χ4n) is 2.74. The molecule has 0 saturated carbocycles. The van der Waals surface area contributed by atoms with Crippen LogP contribution in [0.5, 0.6) is 0 Å². The number of carbonyl (C=O) groups is 1.